The van der Waals surface area contributed by atoms with Gasteiger partial charge in [0.25, 0.3) is 0 Å². The molecule has 5 heteroatoms. The third kappa shape index (κ3) is 6.41. The Morgan fingerprint density at radius 2 is 1.73 bits per heavy atom. The summed E-state index contributed by atoms with van der Waals surface area (Å²) in [7, 11) is 0. The summed E-state index contributed by atoms with van der Waals surface area (Å²) in [6.07, 6.45) is 5.35. The van der Waals surface area contributed by atoms with Crippen molar-refractivity contribution in [1.29, 1.82) is 0 Å². The molecule has 1 N–H and O–H groups in total. The molecule has 0 heterocycles. The third-order valence-corrected chi connectivity index (χ3v) is 5.14. The van der Waals surface area contributed by atoms with Gasteiger partial charge in [0.05, 0.1) is 6.61 Å². The topological polar surface area (TPSA) is 38.3 Å². The van der Waals surface area contributed by atoms with Crippen molar-refractivity contribution in [3.63, 3.8) is 0 Å². The fourth-order valence-corrected chi connectivity index (χ4v) is 3.15. The Morgan fingerprint density at radius 3 is 2.43 bits per heavy atom. The second kappa shape index (κ2) is 10.9. The van der Waals surface area contributed by atoms with Gasteiger partial charge in [0.1, 0.15) is 5.75 Å². The lowest BCUT2D eigenvalue weighted by atomic mass is 10.0. The smallest absolute Gasteiger partial charge is 0.248 e. The Morgan fingerprint density at radius 1 is 1.03 bits per heavy atom. The lowest BCUT2D eigenvalue weighted by molar-refractivity contribution is -0.111. The van der Waals surface area contributed by atoms with Crippen LogP contribution in [-0.2, 0) is 4.79 Å². The fourth-order valence-electron chi connectivity index (χ4n) is 2.82. The minimum Gasteiger partial charge on any atom is -0.494 e. The molecule has 1 amide bonds. The van der Waals surface area contributed by atoms with Gasteiger partial charge < -0.3 is 10.1 Å². The molecule has 0 aromatic heterocycles. The predicted octanol–water partition coefficient (Wildman–Crippen LogP) is 7.13. The number of hydrogen-bond donors (Lipinski definition) is 2. The molecule has 3 aromatic rings. The Labute approximate surface area is 188 Å². The zero-order valence-electron chi connectivity index (χ0n) is 16.8. The Balaban J connectivity index is 1.69. The van der Waals surface area contributed by atoms with Crippen LogP contribution < -0.4 is 10.1 Å². The molecule has 3 nitrogen and oxygen atoms in total. The monoisotopic (exact) mass is 437 g/mol. The first kappa shape index (κ1) is 22.0. The van der Waals surface area contributed by atoms with E-state index in [1.165, 1.54) is 6.08 Å². The van der Waals surface area contributed by atoms with Gasteiger partial charge in [-0.2, -0.15) is 0 Å². The first-order valence-electron chi connectivity index (χ1n) is 9.86. The van der Waals surface area contributed by atoms with E-state index >= 15 is 0 Å². The first-order valence-corrected chi connectivity index (χ1v) is 10.7. The molecule has 0 unspecified atom stereocenters. The highest BCUT2D eigenvalue weighted by Gasteiger charge is 2.04. The Bertz CT molecular complexity index is 1010. The summed E-state index contributed by atoms with van der Waals surface area (Å²) in [5, 5.41) is 3.40. The SMILES string of the molecule is CCCCOc1ccc(-c2ccc(Cl)c(/C=C/C(=O)Nc3ccc(S)cc3)c2)cc1. The summed E-state index contributed by atoms with van der Waals surface area (Å²) >= 11 is 10.6. The van der Waals surface area contributed by atoms with Crippen LogP contribution in [0.15, 0.2) is 77.7 Å². The molecule has 0 aliphatic heterocycles. The van der Waals surface area contributed by atoms with Gasteiger partial charge >= 0.3 is 0 Å². The molecule has 3 aromatic carbocycles. The number of unbranched alkanes of at least 4 members (excludes halogenated alkanes) is 1. The quantitative estimate of drug-likeness (QED) is 0.223. The van der Waals surface area contributed by atoms with Crippen LogP contribution in [0.2, 0.25) is 5.02 Å². The first-order chi connectivity index (χ1) is 14.5. The lowest BCUT2D eigenvalue weighted by Crippen LogP contribution is -2.07. The van der Waals surface area contributed by atoms with E-state index in [0.29, 0.717) is 10.7 Å². The standard InChI is InChI=1S/C25H24ClNO2S/c1-2-3-16-29-22-10-4-18(5-11-22)19-6-14-24(26)20(17-19)7-15-25(28)27-21-8-12-23(30)13-9-21/h4-15,17,30H,2-3,16H2,1H3,(H,27,28)/b15-7+. The van der Waals surface area contributed by atoms with Gasteiger partial charge in [-0.25, -0.2) is 0 Å². The van der Waals surface area contributed by atoms with Crippen molar-refractivity contribution < 1.29 is 9.53 Å². The van der Waals surface area contributed by atoms with Crippen molar-refractivity contribution in [3.8, 4) is 16.9 Å². The normalized spacial score (nSPS) is 10.9. The zero-order valence-corrected chi connectivity index (χ0v) is 18.4. The molecular formula is C25H24ClNO2S. The second-order valence-electron chi connectivity index (χ2n) is 6.83. The molecule has 0 atom stereocenters. The van der Waals surface area contributed by atoms with Crippen molar-refractivity contribution in [3.05, 3.63) is 83.4 Å². The van der Waals surface area contributed by atoms with E-state index in [4.69, 9.17) is 16.3 Å². The van der Waals surface area contributed by atoms with Gasteiger partial charge in [-0.05, 0) is 77.7 Å². The number of nitrogens with one attached hydrogen (secondary N) is 1. The Hall–Kier alpha value is -2.69. The van der Waals surface area contributed by atoms with E-state index < -0.39 is 0 Å². The number of carbonyl (C=O) groups is 1. The Kier molecular flexibility index (Phi) is 8.00. The van der Waals surface area contributed by atoms with Crippen LogP contribution in [0.3, 0.4) is 0 Å². The molecule has 0 saturated carbocycles. The predicted molar refractivity (Wildman–Crippen MR) is 129 cm³/mol. The molecule has 0 fully saturated rings. The van der Waals surface area contributed by atoms with Crippen LogP contribution in [0.5, 0.6) is 5.75 Å². The van der Waals surface area contributed by atoms with Gasteiger partial charge in [0.2, 0.25) is 5.91 Å². The molecule has 0 saturated heterocycles. The molecular weight excluding hydrogens is 414 g/mol. The van der Waals surface area contributed by atoms with Crippen molar-refractivity contribution in [2.75, 3.05) is 11.9 Å². The molecule has 0 spiro atoms. The number of hydrogen-bond acceptors (Lipinski definition) is 3. The average molecular weight is 438 g/mol. The highest BCUT2D eigenvalue weighted by Crippen LogP contribution is 2.27. The van der Waals surface area contributed by atoms with Crippen molar-refractivity contribution in [2.45, 2.75) is 24.7 Å². The number of thiol groups is 1. The maximum Gasteiger partial charge on any atom is 0.248 e. The molecule has 3 rings (SSSR count). The summed E-state index contributed by atoms with van der Waals surface area (Å²) in [6, 6.07) is 21.0. The minimum atomic E-state index is -0.225. The van der Waals surface area contributed by atoms with Gasteiger partial charge in [0, 0.05) is 21.7 Å². The number of halogens is 1. The molecule has 0 aliphatic carbocycles. The van der Waals surface area contributed by atoms with Crippen LogP contribution >= 0.6 is 24.2 Å². The summed E-state index contributed by atoms with van der Waals surface area (Å²) in [4.78, 5) is 13.0. The molecule has 30 heavy (non-hydrogen) atoms. The van der Waals surface area contributed by atoms with Crippen molar-refractivity contribution in [1.82, 2.24) is 0 Å². The maximum absolute atomic E-state index is 12.2. The minimum absolute atomic E-state index is 0.225. The third-order valence-electron chi connectivity index (χ3n) is 4.50. The molecule has 0 bridgehead atoms. The summed E-state index contributed by atoms with van der Waals surface area (Å²) in [5.41, 5.74) is 3.56. The zero-order chi connectivity index (χ0) is 21.3. The highest BCUT2D eigenvalue weighted by atomic mass is 35.5. The highest BCUT2D eigenvalue weighted by molar-refractivity contribution is 7.80. The van der Waals surface area contributed by atoms with Crippen molar-refractivity contribution >= 4 is 41.9 Å². The number of ether oxygens (including phenoxy) is 1. The van der Waals surface area contributed by atoms with Crippen LogP contribution in [0, 0.1) is 0 Å². The number of rotatable bonds is 8. The van der Waals surface area contributed by atoms with Crippen molar-refractivity contribution in [2.24, 2.45) is 0 Å². The summed E-state index contributed by atoms with van der Waals surface area (Å²) in [6.45, 7) is 2.87. The largest absolute Gasteiger partial charge is 0.494 e. The number of amides is 1. The van der Waals surface area contributed by atoms with E-state index in [-0.39, 0.29) is 5.91 Å². The van der Waals surface area contributed by atoms with Gasteiger partial charge in [-0.15, -0.1) is 12.6 Å². The van der Waals surface area contributed by atoms with E-state index in [1.807, 2.05) is 54.6 Å². The fraction of sp³-hybridized carbons (Fsp3) is 0.160. The van der Waals surface area contributed by atoms with E-state index in [1.54, 1.807) is 18.2 Å². The number of benzene rings is 3. The number of anilines is 1. The van der Waals surface area contributed by atoms with Gasteiger partial charge in [0.15, 0.2) is 0 Å². The van der Waals surface area contributed by atoms with Crippen LogP contribution in [0.4, 0.5) is 5.69 Å². The van der Waals surface area contributed by atoms with Crippen LogP contribution in [-0.4, -0.2) is 12.5 Å². The summed E-state index contributed by atoms with van der Waals surface area (Å²) < 4.78 is 5.72. The number of carbonyl (C=O) groups excluding carboxylic acids is 1. The second-order valence-corrected chi connectivity index (χ2v) is 7.76. The van der Waals surface area contributed by atoms with E-state index in [2.05, 4.69) is 24.9 Å². The van der Waals surface area contributed by atoms with E-state index in [9.17, 15) is 4.79 Å². The summed E-state index contributed by atoms with van der Waals surface area (Å²) in [5.74, 6) is 0.640. The molecule has 0 radical (unpaired) electrons. The molecule has 0 aliphatic rings. The molecule has 154 valence electrons. The van der Waals surface area contributed by atoms with Crippen LogP contribution in [0.1, 0.15) is 25.3 Å². The van der Waals surface area contributed by atoms with Crippen LogP contribution in [0.25, 0.3) is 17.2 Å². The lowest BCUT2D eigenvalue weighted by Gasteiger charge is -2.08. The van der Waals surface area contributed by atoms with E-state index in [0.717, 1.165) is 46.8 Å². The van der Waals surface area contributed by atoms with Gasteiger partial charge in [-0.3, -0.25) is 4.79 Å². The maximum atomic E-state index is 12.2. The average Bonchev–Trinajstić information content (AvgIpc) is 2.75. The van der Waals surface area contributed by atoms with Gasteiger partial charge in [-0.1, -0.05) is 43.1 Å².